The quantitative estimate of drug-likeness (QED) is 0.698. The average molecular weight is 182 g/mol. The van der Waals surface area contributed by atoms with Gasteiger partial charge in [0.1, 0.15) is 0 Å². The minimum Gasteiger partial charge on any atom is -0.493 e. The van der Waals surface area contributed by atoms with E-state index in [4.69, 9.17) is 4.74 Å². The average Bonchev–Trinajstić information content (AvgIpc) is 2.16. The summed E-state index contributed by atoms with van der Waals surface area (Å²) in [6.45, 7) is 4.01. The highest BCUT2D eigenvalue weighted by molar-refractivity contribution is 5.38. The molecule has 1 aromatic rings. The van der Waals surface area contributed by atoms with E-state index >= 15 is 0 Å². The molecule has 0 N–H and O–H groups in total. The van der Waals surface area contributed by atoms with Crippen molar-refractivity contribution in [3.63, 3.8) is 0 Å². The van der Waals surface area contributed by atoms with E-state index in [1.807, 2.05) is 19.9 Å². The molecule has 0 unspecified atom stereocenters. The number of ether oxygens (including phenoxy) is 1. The molecule has 0 fully saturated rings. The second kappa shape index (κ2) is 4.26. The number of methoxy groups -OCH3 is 1. The maximum absolute atomic E-state index is 13.4. The van der Waals surface area contributed by atoms with Gasteiger partial charge in [-0.3, -0.25) is 0 Å². The van der Waals surface area contributed by atoms with Gasteiger partial charge in [-0.2, -0.15) is 0 Å². The lowest BCUT2D eigenvalue weighted by Gasteiger charge is -2.09. The molecule has 0 saturated heterocycles. The zero-order valence-corrected chi connectivity index (χ0v) is 8.36. The number of hydrogen-bond donors (Lipinski definition) is 0. The van der Waals surface area contributed by atoms with E-state index in [0.717, 1.165) is 24.0 Å². The van der Waals surface area contributed by atoms with Crippen molar-refractivity contribution >= 4 is 0 Å². The lowest BCUT2D eigenvalue weighted by molar-refractivity contribution is 0.381. The first-order valence-corrected chi connectivity index (χ1v) is 4.58. The lowest BCUT2D eigenvalue weighted by Crippen LogP contribution is -1.96. The zero-order chi connectivity index (χ0) is 9.84. The second-order valence-electron chi connectivity index (χ2n) is 2.98. The highest BCUT2D eigenvalue weighted by Gasteiger charge is 2.08. The molecular formula is C11H15FO. The molecule has 0 atom stereocenters. The van der Waals surface area contributed by atoms with Crippen LogP contribution in [0.25, 0.3) is 0 Å². The van der Waals surface area contributed by atoms with Crippen molar-refractivity contribution in [3.05, 3.63) is 29.1 Å². The fourth-order valence-electron chi connectivity index (χ4n) is 1.41. The van der Waals surface area contributed by atoms with Gasteiger partial charge in [0.25, 0.3) is 0 Å². The van der Waals surface area contributed by atoms with Crippen LogP contribution in [0.15, 0.2) is 12.1 Å². The molecule has 0 aliphatic rings. The molecule has 0 aliphatic heterocycles. The van der Waals surface area contributed by atoms with E-state index < -0.39 is 0 Å². The summed E-state index contributed by atoms with van der Waals surface area (Å²) in [4.78, 5) is 0. The molecule has 0 radical (unpaired) electrons. The summed E-state index contributed by atoms with van der Waals surface area (Å²) in [5.74, 6) is 0.137. The van der Waals surface area contributed by atoms with Gasteiger partial charge >= 0.3 is 0 Å². The molecule has 0 aromatic heterocycles. The van der Waals surface area contributed by atoms with E-state index in [9.17, 15) is 4.39 Å². The Morgan fingerprint density at radius 3 is 2.38 bits per heavy atom. The molecule has 0 heterocycles. The topological polar surface area (TPSA) is 9.23 Å². The molecule has 2 heteroatoms. The summed E-state index contributed by atoms with van der Waals surface area (Å²) >= 11 is 0. The lowest BCUT2D eigenvalue weighted by atomic mass is 10.1. The molecule has 13 heavy (non-hydrogen) atoms. The minimum absolute atomic E-state index is 0.251. The van der Waals surface area contributed by atoms with Gasteiger partial charge in [-0.15, -0.1) is 0 Å². The van der Waals surface area contributed by atoms with Crippen LogP contribution in [0.1, 0.15) is 25.0 Å². The zero-order valence-electron chi connectivity index (χ0n) is 8.36. The molecule has 0 aliphatic carbocycles. The summed E-state index contributed by atoms with van der Waals surface area (Å²) in [5.41, 5.74) is 1.97. The van der Waals surface area contributed by atoms with Crippen LogP contribution >= 0.6 is 0 Å². The monoisotopic (exact) mass is 182 g/mol. The van der Waals surface area contributed by atoms with Crippen LogP contribution in [0, 0.1) is 5.82 Å². The van der Waals surface area contributed by atoms with E-state index in [0.29, 0.717) is 5.75 Å². The Bertz CT molecular complexity index is 294. The number of benzene rings is 1. The van der Waals surface area contributed by atoms with E-state index in [1.165, 1.54) is 13.2 Å². The molecule has 0 spiro atoms. The highest BCUT2D eigenvalue weighted by atomic mass is 19.1. The van der Waals surface area contributed by atoms with Crippen molar-refractivity contribution in [1.29, 1.82) is 0 Å². The van der Waals surface area contributed by atoms with Gasteiger partial charge < -0.3 is 4.74 Å². The van der Waals surface area contributed by atoms with Gasteiger partial charge in [0.15, 0.2) is 11.6 Å². The second-order valence-corrected chi connectivity index (χ2v) is 2.98. The fourth-order valence-corrected chi connectivity index (χ4v) is 1.41. The molecule has 72 valence electrons. The summed E-state index contributed by atoms with van der Waals surface area (Å²) in [6, 6.07) is 3.54. The number of rotatable bonds is 3. The van der Waals surface area contributed by atoms with Crippen molar-refractivity contribution < 1.29 is 9.13 Å². The molecule has 0 amide bonds. The predicted octanol–water partition coefficient (Wildman–Crippen LogP) is 2.96. The van der Waals surface area contributed by atoms with Crippen molar-refractivity contribution in [3.8, 4) is 5.75 Å². The third-order valence-electron chi connectivity index (χ3n) is 2.17. The van der Waals surface area contributed by atoms with E-state index in [1.54, 1.807) is 0 Å². The molecule has 1 rings (SSSR count). The third-order valence-corrected chi connectivity index (χ3v) is 2.17. The van der Waals surface area contributed by atoms with Crippen LogP contribution in [-0.4, -0.2) is 7.11 Å². The number of aryl methyl sites for hydroxylation is 2. The first-order chi connectivity index (χ1) is 6.22. The van der Waals surface area contributed by atoms with E-state index in [2.05, 4.69) is 0 Å². The van der Waals surface area contributed by atoms with E-state index in [-0.39, 0.29) is 5.82 Å². The predicted molar refractivity (Wildman–Crippen MR) is 51.7 cm³/mol. The Hall–Kier alpha value is -1.05. The van der Waals surface area contributed by atoms with Crippen molar-refractivity contribution in [2.75, 3.05) is 7.11 Å². The Morgan fingerprint density at radius 1 is 1.23 bits per heavy atom. The van der Waals surface area contributed by atoms with Crippen molar-refractivity contribution in [2.24, 2.45) is 0 Å². The highest BCUT2D eigenvalue weighted by Crippen LogP contribution is 2.24. The van der Waals surface area contributed by atoms with Crippen molar-refractivity contribution in [1.82, 2.24) is 0 Å². The smallest absolute Gasteiger partial charge is 0.165 e. The van der Waals surface area contributed by atoms with Gasteiger partial charge in [-0.1, -0.05) is 19.9 Å². The van der Waals surface area contributed by atoms with Gasteiger partial charge in [-0.05, 0) is 30.0 Å². The number of hydrogen-bond acceptors (Lipinski definition) is 1. The molecule has 0 saturated carbocycles. The molecule has 1 aromatic carbocycles. The van der Waals surface area contributed by atoms with Crippen LogP contribution in [0.3, 0.4) is 0 Å². The summed E-state index contributed by atoms with van der Waals surface area (Å²) in [6.07, 6.45) is 1.65. The van der Waals surface area contributed by atoms with Crippen LogP contribution < -0.4 is 4.74 Å². The van der Waals surface area contributed by atoms with Crippen LogP contribution in [-0.2, 0) is 12.8 Å². The molecule has 1 nitrogen and oxygen atoms in total. The summed E-state index contributed by atoms with van der Waals surface area (Å²) < 4.78 is 18.4. The van der Waals surface area contributed by atoms with Crippen LogP contribution in [0.5, 0.6) is 5.75 Å². The fraction of sp³-hybridized carbons (Fsp3) is 0.455. The largest absolute Gasteiger partial charge is 0.493 e. The Labute approximate surface area is 78.5 Å². The summed E-state index contributed by atoms with van der Waals surface area (Å²) in [7, 11) is 1.50. The third kappa shape index (κ3) is 2.00. The normalized spacial score (nSPS) is 10.2. The molecule has 0 bridgehead atoms. The van der Waals surface area contributed by atoms with Crippen molar-refractivity contribution in [2.45, 2.75) is 26.7 Å². The van der Waals surface area contributed by atoms with Gasteiger partial charge in [0.2, 0.25) is 0 Å². The SMILES string of the molecule is CCc1cc(F)c(OC)c(CC)c1. The maximum Gasteiger partial charge on any atom is 0.165 e. The van der Waals surface area contributed by atoms with Crippen LogP contribution in [0.2, 0.25) is 0 Å². The van der Waals surface area contributed by atoms with Crippen LogP contribution in [0.4, 0.5) is 4.39 Å². The maximum atomic E-state index is 13.4. The first-order valence-electron chi connectivity index (χ1n) is 4.58. The minimum atomic E-state index is -0.251. The Balaban J connectivity index is 3.20. The van der Waals surface area contributed by atoms with Gasteiger partial charge in [0, 0.05) is 0 Å². The Kier molecular flexibility index (Phi) is 3.29. The Morgan fingerprint density at radius 2 is 1.92 bits per heavy atom. The number of halogens is 1. The standard InChI is InChI=1S/C11H15FO/c1-4-8-6-9(5-2)11(13-3)10(12)7-8/h6-7H,4-5H2,1-3H3. The first kappa shape index (κ1) is 10.0. The summed E-state index contributed by atoms with van der Waals surface area (Å²) in [5, 5.41) is 0. The van der Waals surface area contributed by atoms with Gasteiger partial charge in [-0.25, -0.2) is 4.39 Å². The van der Waals surface area contributed by atoms with Gasteiger partial charge in [0.05, 0.1) is 7.11 Å². The molecular weight excluding hydrogens is 167 g/mol.